The topological polar surface area (TPSA) is 108 Å². The van der Waals surface area contributed by atoms with Crippen molar-refractivity contribution in [1.82, 2.24) is 9.97 Å². The highest BCUT2D eigenvalue weighted by atomic mass is 32.1. The van der Waals surface area contributed by atoms with E-state index in [-0.39, 0.29) is 11.5 Å². The Labute approximate surface area is 112 Å². The van der Waals surface area contributed by atoms with Gasteiger partial charge in [0.05, 0.1) is 28.3 Å². The number of aromatic nitrogens is 2. The predicted octanol–water partition coefficient (Wildman–Crippen LogP) is 0.105. The van der Waals surface area contributed by atoms with Gasteiger partial charge >= 0.3 is 5.69 Å². The molecule has 19 heavy (non-hydrogen) atoms. The number of hydrogen-bond acceptors (Lipinski definition) is 6. The third-order valence-electron chi connectivity index (χ3n) is 2.96. The van der Waals surface area contributed by atoms with E-state index in [0.717, 1.165) is 4.70 Å². The van der Waals surface area contributed by atoms with Crippen molar-refractivity contribution >= 4 is 33.2 Å². The minimum atomic E-state index is -0.387. The fraction of sp³-hybridized carbons (Fsp3) is 0.364. The molecular formula is C11H13N5O2S. The fourth-order valence-corrected chi connectivity index (χ4v) is 3.05. The molecule has 8 heteroatoms. The zero-order chi connectivity index (χ0) is 13.4. The number of nitrogens with one attached hydrogen (secondary N) is 2. The largest absolute Gasteiger partial charge is 0.383 e. The third-order valence-corrected chi connectivity index (χ3v) is 4.12. The summed E-state index contributed by atoms with van der Waals surface area (Å²) in [5.41, 5.74) is 5.78. The molecule has 4 N–H and O–H groups in total. The lowest BCUT2D eigenvalue weighted by Gasteiger charge is -2.27. The number of thiophene rings is 1. The van der Waals surface area contributed by atoms with Crippen LogP contribution in [0.1, 0.15) is 4.88 Å². The fourth-order valence-electron chi connectivity index (χ4n) is 2.06. The predicted molar refractivity (Wildman–Crippen MR) is 74.3 cm³/mol. The molecule has 0 radical (unpaired) electrons. The number of fused-ring (bicyclic) bond motifs is 1. The van der Waals surface area contributed by atoms with Crippen LogP contribution in [0.2, 0.25) is 0 Å². The lowest BCUT2D eigenvalue weighted by Crippen LogP contribution is -2.37. The summed E-state index contributed by atoms with van der Waals surface area (Å²) in [6, 6.07) is 1.72. The number of amidine groups is 1. The average Bonchev–Trinajstić information content (AvgIpc) is 2.82. The van der Waals surface area contributed by atoms with Gasteiger partial charge in [0.2, 0.25) is 0 Å². The highest BCUT2D eigenvalue weighted by molar-refractivity contribution is 7.21. The second kappa shape index (κ2) is 4.63. The quantitative estimate of drug-likeness (QED) is 0.534. The maximum absolute atomic E-state index is 11.6. The van der Waals surface area contributed by atoms with Crippen molar-refractivity contribution in [3.8, 4) is 0 Å². The first kappa shape index (κ1) is 12.1. The van der Waals surface area contributed by atoms with Gasteiger partial charge in [0.15, 0.2) is 5.82 Å². The summed E-state index contributed by atoms with van der Waals surface area (Å²) in [7, 11) is 0. The summed E-state index contributed by atoms with van der Waals surface area (Å²) in [5.74, 6) is 0.648. The van der Waals surface area contributed by atoms with Crippen molar-refractivity contribution in [1.29, 1.82) is 5.41 Å². The first-order valence-electron chi connectivity index (χ1n) is 5.86. The van der Waals surface area contributed by atoms with Crippen LogP contribution in [0.25, 0.3) is 10.2 Å². The van der Waals surface area contributed by atoms with E-state index in [1.165, 1.54) is 11.3 Å². The summed E-state index contributed by atoms with van der Waals surface area (Å²) in [6.07, 6.45) is 0. The van der Waals surface area contributed by atoms with Gasteiger partial charge in [0.25, 0.3) is 0 Å². The molecule has 7 nitrogen and oxygen atoms in total. The number of anilines is 1. The number of ether oxygens (including phenoxy) is 1. The number of hydrogen-bond donors (Lipinski definition) is 3. The number of rotatable bonds is 2. The van der Waals surface area contributed by atoms with E-state index in [1.807, 2.05) is 4.90 Å². The Bertz CT molecular complexity index is 686. The standard InChI is InChI=1S/C11H13N5O2S/c12-9(13)7-5-6-8(19-7)10(15-11(17)14-6)16-1-3-18-4-2-16/h5H,1-4H2,(H3,12,13)(H,14,15,17). The van der Waals surface area contributed by atoms with E-state index in [2.05, 4.69) is 9.97 Å². The Balaban J connectivity index is 2.16. The zero-order valence-corrected chi connectivity index (χ0v) is 10.9. The molecule has 1 fully saturated rings. The number of nitrogens with two attached hydrogens (primary N) is 1. The monoisotopic (exact) mass is 279 g/mol. The van der Waals surface area contributed by atoms with E-state index in [9.17, 15) is 4.79 Å². The first-order valence-corrected chi connectivity index (χ1v) is 6.68. The molecule has 2 aromatic rings. The number of nitrogen functional groups attached to an aromatic ring is 1. The van der Waals surface area contributed by atoms with Gasteiger partial charge in [-0.25, -0.2) is 4.79 Å². The Morgan fingerprint density at radius 1 is 1.53 bits per heavy atom. The van der Waals surface area contributed by atoms with Gasteiger partial charge in [-0.15, -0.1) is 11.3 Å². The summed E-state index contributed by atoms with van der Waals surface area (Å²) in [4.78, 5) is 21.0. The van der Waals surface area contributed by atoms with Gasteiger partial charge in [-0.3, -0.25) is 5.41 Å². The molecule has 1 saturated heterocycles. The van der Waals surface area contributed by atoms with Gasteiger partial charge in [-0.05, 0) is 6.07 Å². The molecule has 2 aromatic heterocycles. The van der Waals surface area contributed by atoms with Crippen molar-refractivity contribution in [2.75, 3.05) is 31.2 Å². The lowest BCUT2D eigenvalue weighted by molar-refractivity contribution is 0.122. The number of nitrogens with zero attached hydrogens (tertiary/aromatic N) is 2. The van der Waals surface area contributed by atoms with Crippen LogP contribution in [0.5, 0.6) is 0 Å². The third kappa shape index (κ3) is 2.20. The summed E-state index contributed by atoms with van der Waals surface area (Å²) in [5, 5.41) is 7.48. The van der Waals surface area contributed by atoms with Crippen molar-refractivity contribution in [2.45, 2.75) is 0 Å². The molecule has 0 amide bonds. The van der Waals surface area contributed by atoms with E-state index < -0.39 is 0 Å². The SMILES string of the molecule is N=C(N)c1cc2[nH]c(=O)nc(N3CCOCC3)c2s1. The molecule has 0 atom stereocenters. The summed E-state index contributed by atoms with van der Waals surface area (Å²) in [6.45, 7) is 2.67. The highest BCUT2D eigenvalue weighted by Gasteiger charge is 2.18. The van der Waals surface area contributed by atoms with Crippen molar-refractivity contribution in [3.63, 3.8) is 0 Å². The Morgan fingerprint density at radius 2 is 2.26 bits per heavy atom. The van der Waals surface area contributed by atoms with E-state index in [4.69, 9.17) is 15.9 Å². The molecule has 0 unspecified atom stereocenters. The summed E-state index contributed by atoms with van der Waals surface area (Å²) < 4.78 is 6.15. The van der Waals surface area contributed by atoms with Crippen LogP contribution in [0, 0.1) is 5.41 Å². The van der Waals surface area contributed by atoms with Crippen LogP contribution in [0.3, 0.4) is 0 Å². The smallest absolute Gasteiger partial charge is 0.347 e. The van der Waals surface area contributed by atoms with Crippen LogP contribution in [0.15, 0.2) is 10.9 Å². The van der Waals surface area contributed by atoms with Gasteiger partial charge < -0.3 is 20.4 Å². The molecule has 1 aliphatic rings. The molecule has 0 bridgehead atoms. The molecule has 3 rings (SSSR count). The maximum Gasteiger partial charge on any atom is 0.347 e. The van der Waals surface area contributed by atoms with E-state index in [1.54, 1.807) is 6.07 Å². The Kier molecular flexibility index (Phi) is 2.96. The average molecular weight is 279 g/mol. The van der Waals surface area contributed by atoms with E-state index in [0.29, 0.717) is 42.5 Å². The van der Waals surface area contributed by atoms with Gasteiger partial charge in [0, 0.05) is 13.1 Å². The Hall–Kier alpha value is -1.93. The van der Waals surface area contributed by atoms with Crippen molar-refractivity contribution < 1.29 is 4.74 Å². The van der Waals surface area contributed by atoms with Gasteiger partial charge in [0.1, 0.15) is 5.84 Å². The molecular weight excluding hydrogens is 266 g/mol. The van der Waals surface area contributed by atoms with Crippen LogP contribution in [0.4, 0.5) is 5.82 Å². The first-order chi connectivity index (χ1) is 9.15. The molecule has 0 aromatic carbocycles. The molecule has 3 heterocycles. The molecule has 0 spiro atoms. The highest BCUT2D eigenvalue weighted by Crippen LogP contribution is 2.30. The number of morpholine rings is 1. The second-order valence-electron chi connectivity index (χ2n) is 4.23. The number of H-pyrrole nitrogens is 1. The van der Waals surface area contributed by atoms with Crippen LogP contribution < -0.4 is 16.3 Å². The molecule has 0 aliphatic carbocycles. The molecule has 0 saturated carbocycles. The van der Waals surface area contributed by atoms with Crippen molar-refractivity contribution in [2.24, 2.45) is 5.73 Å². The van der Waals surface area contributed by atoms with E-state index >= 15 is 0 Å². The zero-order valence-electron chi connectivity index (χ0n) is 10.1. The second-order valence-corrected chi connectivity index (χ2v) is 5.28. The normalized spacial score (nSPS) is 15.9. The maximum atomic E-state index is 11.6. The Morgan fingerprint density at radius 3 is 2.95 bits per heavy atom. The molecule has 100 valence electrons. The van der Waals surface area contributed by atoms with Crippen LogP contribution in [-0.2, 0) is 4.74 Å². The van der Waals surface area contributed by atoms with Gasteiger partial charge in [-0.2, -0.15) is 4.98 Å². The summed E-state index contributed by atoms with van der Waals surface area (Å²) >= 11 is 1.37. The van der Waals surface area contributed by atoms with Crippen molar-refractivity contribution in [3.05, 3.63) is 21.4 Å². The molecule has 1 aliphatic heterocycles. The lowest BCUT2D eigenvalue weighted by atomic mass is 10.3. The number of aromatic amines is 1. The minimum absolute atomic E-state index is 0.00465. The van der Waals surface area contributed by atoms with Gasteiger partial charge in [-0.1, -0.05) is 0 Å². The van der Waals surface area contributed by atoms with Crippen LogP contribution >= 0.6 is 11.3 Å². The minimum Gasteiger partial charge on any atom is -0.383 e. The van der Waals surface area contributed by atoms with Crippen LogP contribution in [-0.4, -0.2) is 42.1 Å².